The van der Waals surface area contributed by atoms with Gasteiger partial charge in [-0.1, -0.05) is 32.0 Å². The highest BCUT2D eigenvalue weighted by molar-refractivity contribution is 5.88. The second-order valence-electron chi connectivity index (χ2n) is 7.04. The van der Waals surface area contributed by atoms with Gasteiger partial charge in [0, 0.05) is 17.1 Å². The number of ether oxygens (including phenoxy) is 1. The Morgan fingerprint density at radius 3 is 2.29 bits per heavy atom. The van der Waals surface area contributed by atoms with Gasteiger partial charge in [-0.25, -0.2) is 0 Å². The molecule has 1 aromatic heterocycles. The van der Waals surface area contributed by atoms with Crippen molar-refractivity contribution in [3.8, 4) is 11.5 Å². The molecule has 0 aliphatic rings. The minimum atomic E-state index is 0.415. The fourth-order valence-electron chi connectivity index (χ4n) is 3.18. The van der Waals surface area contributed by atoms with Gasteiger partial charge < -0.3 is 4.74 Å². The molecular formula is C22H25NO. The Balaban J connectivity index is 2.19. The topological polar surface area (TPSA) is 22.1 Å². The van der Waals surface area contributed by atoms with Gasteiger partial charge in [0.2, 0.25) is 0 Å². The molecule has 2 aromatic carbocycles. The van der Waals surface area contributed by atoms with Gasteiger partial charge in [0.1, 0.15) is 11.5 Å². The summed E-state index contributed by atoms with van der Waals surface area (Å²) >= 11 is 0. The van der Waals surface area contributed by atoms with Crippen LogP contribution in [0.4, 0.5) is 0 Å². The molecule has 0 N–H and O–H groups in total. The van der Waals surface area contributed by atoms with Gasteiger partial charge in [-0.05, 0) is 68.0 Å². The fourth-order valence-corrected chi connectivity index (χ4v) is 3.18. The van der Waals surface area contributed by atoms with Gasteiger partial charge in [0.25, 0.3) is 0 Å². The van der Waals surface area contributed by atoms with E-state index < -0.39 is 0 Å². The molecule has 0 saturated heterocycles. The molecule has 0 aliphatic heterocycles. The first kappa shape index (κ1) is 16.5. The SMILES string of the molecule is Cc1ccc(C(C)C)c(Oc2cc(C)nc3c(C)cc(C)cc23)c1. The van der Waals surface area contributed by atoms with E-state index in [2.05, 4.69) is 65.0 Å². The van der Waals surface area contributed by atoms with E-state index in [1.165, 1.54) is 22.3 Å². The molecule has 124 valence electrons. The number of benzene rings is 2. The summed E-state index contributed by atoms with van der Waals surface area (Å²) in [5.41, 5.74) is 6.85. The average molecular weight is 319 g/mol. The molecule has 0 spiro atoms. The van der Waals surface area contributed by atoms with Crippen LogP contribution in [0.25, 0.3) is 10.9 Å². The molecular weight excluding hydrogens is 294 g/mol. The molecule has 0 fully saturated rings. The number of hydrogen-bond acceptors (Lipinski definition) is 2. The summed E-state index contributed by atoms with van der Waals surface area (Å²) in [6.45, 7) is 12.7. The van der Waals surface area contributed by atoms with Gasteiger partial charge in [0.15, 0.2) is 0 Å². The van der Waals surface area contributed by atoms with Crippen molar-refractivity contribution in [3.63, 3.8) is 0 Å². The minimum Gasteiger partial charge on any atom is -0.456 e. The van der Waals surface area contributed by atoms with Crippen LogP contribution >= 0.6 is 0 Å². The van der Waals surface area contributed by atoms with Crippen LogP contribution in [0.3, 0.4) is 0 Å². The number of pyridine rings is 1. The first-order valence-electron chi connectivity index (χ1n) is 8.52. The van der Waals surface area contributed by atoms with Gasteiger partial charge >= 0.3 is 0 Å². The van der Waals surface area contributed by atoms with Crippen molar-refractivity contribution < 1.29 is 4.74 Å². The highest BCUT2D eigenvalue weighted by atomic mass is 16.5. The van der Waals surface area contributed by atoms with E-state index in [0.717, 1.165) is 28.1 Å². The Kier molecular flexibility index (Phi) is 4.31. The normalized spacial score (nSPS) is 11.3. The zero-order chi connectivity index (χ0) is 17.4. The predicted octanol–water partition coefficient (Wildman–Crippen LogP) is 6.38. The molecule has 3 aromatic rings. The lowest BCUT2D eigenvalue weighted by Crippen LogP contribution is -1.97. The van der Waals surface area contributed by atoms with E-state index in [9.17, 15) is 0 Å². The van der Waals surface area contributed by atoms with Crippen LogP contribution in [-0.4, -0.2) is 4.98 Å². The first-order chi connectivity index (χ1) is 11.3. The summed E-state index contributed by atoms with van der Waals surface area (Å²) < 4.78 is 6.42. The van der Waals surface area contributed by atoms with Gasteiger partial charge in [-0.2, -0.15) is 0 Å². The van der Waals surface area contributed by atoms with Crippen LogP contribution in [0, 0.1) is 27.7 Å². The lowest BCUT2D eigenvalue weighted by atomic mass is 10.0. The molecule has 0 bridgehead atoms. The largest absolute Gasteiger partial charge is 0.456 e. The zero-order valence-corrected chi connectivity index (χ0v) is 15.4. The van der Waals surface area contributed by atoms with E-state index in [1.807, 2.05) is 13.0 Å². The van der Waals surface area contributed by atoms with Crippen molar-refractivity contribution in [1.82, 2.24) is 4.98 Å². The molecule has 0 unspecified atom stereocenters. The van der Waals surface area contributed by atoms with Crippen molar-refractivity contribution in [1.29, 1.82) is 0 Å². The molecule has 2 heteroatoms. The van der Waals surface area contributed by atoms with Gasteiger partial charge in [-0.15, -0.1) is 0 Å². The van der Waals surface area contributed by atoms with Crippen molar-refractivity contribution in [2.24, 2.45) is 0 Å². The standard InChI is InChI=1S/C22H25NO/c1-13(2)18-8-7-14(3)11-20(18)24-21-12-17(6)23-22-16(5)9-15(4)10-19(21)22/h7-13H,1-6H3. The summed E-state index contributed by atoms with van der Waals surface area (Å²) in [7, 11) is 0. The number of fused-ring (bicyclic) bond motifs is 1. The number of aryl methyl sites for hydroxylation is 4. The van der Waals surface area contributed by atoms with Crippen LogP contribution in [0.1, 0.15) is 47.7 Å². The maximum absolute atomic E-state index is 6.42. The Hall–Kier alpha value is -2.35. The number of hydrogen-bond donors (Lipinski definition) is 0. The molecule has 0 saturated carbocycles. The molecule has 0 amide bonds. The number of aromatic nitrogens is 1. The van der Waals surface area contributed by atoms with Crippen LogP contribution in [0.2, 0.25) is 0 Å². The van der Waals surface area contributed by atoms with E-state index in [0.29, 0.717) is 5.92 Å². The summed E-state index contributed by atoms with van der Waals surface area (Å²) in [5.74, 6) is 2.24. The smallest absolute Gasteiger partial charge is 0.138 e. The van der Waals surface area contributed by atoms with Crippen LogP contribution in [-0.2, 0) is 0 Å². The zero-order valence-electron chi connectivity index (χ0n) is 15.4. The predicted molar refractivity (Wildman–Crippen MR) is 101 cm³/mol. The Labute approximate surface area is 144 Å². The first-order valence-corrected chi connectivity index (χ1v) is 8.52. The lowest BCUT2D eigenvalue weighted by Gasteiger charge is -2.17. The van der Waals surface area contributed by atoms with Crippen molar-refractivity contribution in [2.75, 3.05) is 0 Å². The monoisotopic (exact) mass is 319 g/mol. The highest BCUT2D eigenvalue weighted by Crippen LogP contribution is 2.36. The Morgan fingerprint density at radius 2 is 1.58 bits per heavy atom. The van der Waals surface area contributed by atoms with E-state index in [1.54, 1.807) is 0 Å². The molecule has 2 nitrogen and oxygen atoms in total. The molecule has 24 heavy (non-hydrogen) atoms. The van der Waals surface area contributed by atoms with Crippen molar-refractivity contribution in [3.05, 3.63) is 64.3 Å². The third-order valence-corrected chi connectivity index (χ3v) is 4.35. The second kappa shape index (κ2) is 6.27. The summed E-state index contributed by atoms with van der Waals surface area (Å²) in [4.78, 5) is 4.71. The molecule has 0 aliphatic carbocycles. The van der Waals surface area contributed by atoms with E-state index >= 15 is 0 Å². The summed E-state index contributed by atoms with van der Waals surface area (Å²) in [5, 5.41) is 1.08. The highest BCUT2D eigenvalue weighted by Gasteiger charge is 2.13. The summed E-state index contributed by atoms with van der Waals surface area (Å²) in [6.07, 6.45) is 0. The minimum absolute atomic E-state index is 0.415. The third-order valence-electron chi connectivity index (χ3n) is 4.35. The molecule has 3 rings (SSSR count). The third kappa shape index (κ3) is 3.14. The van der Waals surface area contributed by atoms with Crippen molar-refractivity contribution in [2.45, 2.75) is 47.5 Å². The second-order valence-corrected chi connectivity index (χ2v) is 7.04. The maximum Gasteiger partial charge on any atom is 0.138 e. The number of rotatable bonds is 3. The van der Waals surface area contributed by atoms with E-state index in [4.69, 9.17) is 9.72 Å². The summed E-state index contributed by atoms with van der Waals surface area (Å²) in [6, 6.07) is 12.8. The molecule has 0 radical (unpaired) electrons. The van der Waals surface area contributed by atoms with Crippen LogP contribution in [0.15, 0.2) is 36.4 Å². The van der Waals surface area contributed by atoms with Crippen LogP contribution in [0.5, 0.6) is 11.5 Å². The molecule has 0 atom stereocenters. The Bertz CT molecular complexity index is 909. The van der Waals surface area contributed by atoms with Crippen molar-refractivity contribution >= 4 is 10.9 Å². The number of nitrogens with zero attached hydrogens (tertiary/aromatic N) is 1. The van der Waals surface area contributed by atoms with Gasteiger partial charge in [0.05, 0.1) is 5.52 Å². The quantitative estimate of drug-likeness (QED) is 0.558. The maximum atomic E-state index is 6.42. The molecule has 1 heterocycles. The average Bonchev–Trinajstić information content (AvgIpc) is 2.48. The van der Waals surface area contributed by atoms with E-state index in [-0.39, 0.29) is 0 Å². The van der Waals surface area contributed by atoms with Gasteiger partial charge in [-0.3, -0.25) is 4.98 Å². The lowest BCUT2D eigenvalue weighted by molar-refractivity contribution is 0.477. The van der Waals surface area contributed by atoms with Crippen LogP contribution < -0.4 is 4.74 Å². The Morgan fingerprint density at radius 1 is 0.833 bits per heavy atom. The fraction of sp³-hybridized carbons (Fsp3) is 0.318.